The lowest BCUT2D eigenvalue weighted by molar-refractivity contribution is 0.129. The smallest absolute Gasteiger partial charge is 0.187 e. The largest absolute Gasteiger partial charge is 0.392 e. The second kappa shape index (κ2) is 5.44. The molecule has 5 heteroatoms. The summed E-state index contributed by atoms with van der Waals surface area (Å²) in [6, 6.07) is 0. The molecule has 0 bridgehead atoms. The van der Waals surface area contributed by atoms with Gasteiger partial charge in [-0.2, -0.15) is 0 Å². The van der Waals surface area contributed by atoms with E-state index in [9.17, 15) is 0 Å². The molecule has 2 heterocycles. The second-order valence-electron chi connectivity index (χ2n) is 3.48. The third-order valence-electron chi connectivity index (χ3n) is 2.29. The third-order valence-corrected chi connectivity index (χ3v) is 3.29. The maximum Gasteiger partial charge on any atom is 0.187 e. The molecule has 82 valence electrons. The first-order valence-electron chi connectivity index (χ1n) is 5.04. The van der Waals surface area contributed by atoms with Gasteiger partial charge in [-0.15, -0.1) is 0 Å². The number of aromatic nitrogens is 2. The van der Waals surface area contributed by atoms with E-state index < -0.39 is 0 Å². The van der Waals surface area contributed by atoms with Gasteiger partial charge in [0.1, 0.15) is 0 Å². The van der Waals surface area contributed by atoms with Crippen molar-refractivity contribution in [1.82, 2.24) is 9.97 Å². The van der Waals surface area contributed by atoms with Gasteiger partial charge in [-0.25, -0.2) is 9.97 Å². The summed E-state index contributed by atoms with van der Waals surface area (Å²) in [4.78, 5) is 8.29. The SMILES string of the molecule is OCc1cnc(SCC2CCCO2)nc1. The van der Waals surface area contributed by atoms with Crippen LogP contribution in [0.15, 0.2) is 17.6 Å². The summed E-state index contributed by atoms with van der Waals surface area (Å²) in [6.07, 6.45) is 5.98. The molecule has 1 aliphatic heterocycles. The number of thioether (sulfide) groups is 1. The van der Waals surface area contributed by atoms with E-state index in [-0.39, 0.29) is 6.61 Å². The summed E-state index contributed by atoms with van der Waals surface area (Å²) in [7, 11) is 0. The van der Waals surface area contributed by atoms with E-state index in [2.05, 4.69) is 9.97 Å². The van der Waals surface area contributed by atoms with Crippen molar-refractivity contribution >= 4 is 11.8 Å². The molecule has 1 aromatic rings. The van der Waals surface area contributed by atoms with E-state index >= 15 is 0 Å². The molecule has 0 aliphatic carbocycles. The van der Waals surface area contributed by atoms with Crippen molar-refractivity contribution < 1.29 is 9.84 Å². The molecule has 1 atom stereocenters. The predicted octanol–water partition coefficient (Wildman–Crippen LogP) is 1.24. The van der Waals surface area contributed by atoms with Crippen LogP contribution in [0.4, 0.5) is 0 Å². The minimum atomic E-state index is -0.00329. The average Bonchev–Trinajstić information content (AvgIpc) is 2.80. The molecule has 0 spiro atoms. The summed E-state index contributed by atoms with van der Waals surface area (Å²) in [5, 5.41) is 9.58. The molecule has 0 aromatic carbocycles. The molecule has 15 heavy (non-hydrogen) atoms. The highest BCUT2D eigenvalue weighted by Crippen LogP contribution is 2.20. The second-order valence-corrected chi connectivity index (χ2v) is 4.47. The fourth-order valence-electron chi connectivity index (χ4n) is 1.44. The molecule has 4 nitrogen and oxygen atoms in total. The highest BCUT2D eigenvalue weighted by Gasteiger charge is 2.15. The Morgan fingerprint density at radius 2 is 2.27 bits per heavy atom. The summed E-state index contributed by atoms with van der Waals surface area (Å²) in [5.74, 6) is 0.915. The van der Waals surface area contributed by atoms with Gasteiger partial charge in [0.2, 0.25) is 0 Å². The highest BCUT2D eigenvalue weighted by atomic mass is 32.2. The van der Waals surface area contributed by atoms with Crippen molar-refractivity contribution in [3.63, 3.8) is 0 Å². The standard InChI is InChI=1S/C10H14N2O2S/c13-6-8-4-11-10(12-5-8)15-7-9-2-1-3-14-9/h4-5,9,13H,1-3,6-7H2. The van der Waals surface area contributed by atoms with Crippen LogP contribution in [0.3, 0.4) is 0 Å². The Morgan fingerprint density at radius 3 is 2.87 bits per heavy atom. The molecule has 1 fully saturated rings. The lowest BCUT2D eigenvalue weighted by Crippen LogP contribution is -2.08. The molecule has 2 rings (SSSR count). The van der Waals surface area contributed by atoms with E-state index in [1.54, 1.807) is 24.2 Å². The van der Waals surface area contributed by atoms with E-state index in [0.717, 1.165) is 35.9 Å². The first-order chi connectivity index (χ1) is 7.38. The van der Waals surface area contributed by atoms with Crippen LogP contribution in [0, 0.1) is 0 Å². The Labute approximate surface area is 93.1 Å². The van der Waals surface area contributed by atoms with Crippen LogP contribution in [0.1, 0.15) is 18.4 Å². The first-order valence-corrected chi connectivity index (χ1v) is 6.03. The van der Waals surface area contributed by atoms with Gasteiger partial charge < -0.3 is 9.84 Å². The number of aliphatic hydroxyl groups excluding tert-OH is 1. The topological polar surface area (TPSA) is 55.2 Å². The van der Waals surface area contributed by atoms with Gasteiger partial charge >= 0.3 is 0 Å². The summed E-state index contributed by atoms with van der Waals surface area (Å²) >= 11 is 1.61. The Bertz CT molecular complexity index is 299. The summed E-state index contributed by atoms with van der Waals surface area (Å²) < 4.78 is 5.50. The van der Waals surface area contributed by atoms with Crippen molar-refractivity contribution in [3.8, 4) is 0 Å². The lowest BCUT2D eigenvalue weighted by atomic mass is 10.3. The minimum Gasteiger partial charge on any atom is -0.392 e. The van der Waals surface area contributed by atoms with Crippen LogP contribution in [-0.4, -0.2) is 33.5 Å². The number of rotatable bonds is 4. The highest BCUT2D eigenvalue weighted by molar-refractivity contribution is 7.99. The Morgan fingerprint density at radius 1 is 1.47 bits per heavy atom. The van der Waals surface area contributed by atoms with Crippen molar-refractivity contribution in [2.75, 3.05) is 12.4 Å². The minimum absolute atomic E-state index is 0.00329. The molecule has 0 amide bonds. The summed E-state index contributed by atoms with van der Waals surface area (Å²) in [5.41, 5.74) is 0.747. The lowest BCUT2D eigenvalue weighted by Gasteiger charge is -2.07. The van der Waals surface area contributed by atoms with Gasteiger partial charge in [-0.3, -0.25) is 0 Å². The fourth-order valence-corrected chi connectivity index (χ4v) is 2.29. The van der Waals surface area contributed by atoms with Crippen molar-refractivity contribution in [2.24, 2.45) is 0 Å². The Hall–Kier alpha value is -0.650. The molecule has 1 saturated heterocycles. The van der Waals surface area contributed by atoms with Gasteiger partial charge in [0.25, 0.3) is 0 Å². The molecular weight excluding hydrogens is 212 g/mol. The quantitative estimate of drug-likeness (QED) is 0.618. The normalized spacial score (nSPS) is 20.7. The van der Waals surface area contributed by atoms with Crippen molar-refractivity contribution in [1.29, 1.82) is 0 Å². The molecule has 1 aromatic heterocycles. The van der Waals surface area contributed by atoms with E-state index in [0.29, 0.717) is 6.10 Å². The molecule has 1 N–H and O–H groups in total. The number of nitrogens with zero attached hydrogens (tertiary/aromatic N) is 2. The molecular formula is C10H14N2O2S. The number of ether oxygens (including phenoxy) is 1. The first kappa shape index (κ1) is 10.9. The zero-order valence-corrected chi connectivity index (χ0v) is 9.24. The van der Waals surface area contributed by atoms with Crippen LogP contribution >= 0.6 is 11.8 Å². The molecule has 1 unspecified atom stereocenters. The Kier molecular flexibility index (Phi) is 3.94. The zero-order valence-electron chi connectivity index (χ0n) is 8.43. The monoisotopic (exact) mass is 226 g/mol. The van der Waals surface area contributed by atoms with Gasteiger partial charge in [0.05, 0.1) is 12.7 Å². The van der Waals surface area contributed by atoms with E-state index in [4.69, 9.17) is 9.84 Å². The van der Waals surface area contributed by atoms with Crippen molar-refractivity contribution in [3.05, 3.63) is 18.0 Å². The van der Waals surface area contributed by atoms with Crippen molar-refractivity contribution in [2.45, 2.75) is 30.7 Å². The zero-order chi connectivity index (χ0) is 10.5. The maximum atomic E-state index is 8.82. The average molecular weight is 226 g/mol. The van der Waals surface area contributed by atoms with E-state index in [1.165, 1.54) is 0 Å². The van der Waals surface area contributed by atoms with Gasteiger partial charge in [-0.1, -0.05) is 11.8 Å². The van der Waals surface area contributed by atoms with Gasteiger partial charge in [0, 0.05) is 30.3 Å². The number of hydrogen-bond donors (Lipinski definition) is 1. The van der Waals surface area contributed by atoms with Crippen LogP contribution in [0.2, 0.25) is 0 Å². The number of hydrogen-bond acceptors (Lipinski definition) is 5. The van der Waals surface area contributed by atoms with E-state index in [1.807, 2.05) is 0 Å². The summed E-state index contributed by atoms with van der Waals surface area (Å²) in [6.45, 7) is 0.881. The van der Waals surface area contributed by atoms with Crippen LogP contribution in [0.5, 0.6) is 0 Å². The van der Waals surface area contributed by atoms with Crippen LogP contribution in [-0.2, 0) is 11.3 Å². The van der Waals surface area contributed by atoms with Gasteiger partial charge in [-0.05, 0) is 12.8 Å². The van der Waals surface area contributed by atoms with Crippen LogP contribution < -0.4 is 0 Å². The molecule has 0 saturated carbocycles. The maximum absolute atomic E-state index is 8.82. The third kappa shape index (κ3) is 3.15. The predicted molar refractivity (Wildman–Crippen MR) is 57.7 cm³/mol. The van der Waals surface area contributed by atoms with Gasteiger partial charge in [0.15, 0.2) is 5.16 Å². The van der Waals surface area contributed by atoms with Crippen LogP contribution in [0.25, 0.3) is 0 Å². The Balaban J connectivity index is 1.82. The fraction of sp³-hybridized carbons (Fsp3) is 0.600. The molecule has 0 radical (unpaired) electrons. The number of aliphatic hydroxyl groups is 1. The molecule has 1 aliphatic rings.